The van der Waals surface area contributed by atoms with Crippen molar-refractivity contribution in [3.8, 4) is 11.3 Å². The van der Waals surface area contributed by atoms with Gasteiger partial charge in [-0.3, -0.25) is 14.5 Å². The van der Waals surface area contributed by atoms with Gasteiger partial charge in [0.15, 0.2) is 4.77 Å². The Kier molecular flexibility index (Phi) is 5.40. The zero-order valence-electron chi connectivity index (χ0n) is 14.1. The van der Waals surface area contributed by atoms with Crippen molar-refractivity contribution in [2.24, 2.45) is 0 Å². The van der Waals surface area contributed by atoms with Crippen LogP contribution in [0.15, 0.2) is 29.6 Å². The van der Waals surface area contributed by atoms with Crippen LogP contribution in [0, 0.1) is 11.7 Å². The first kappa shape index (κ1) is 17.5. The molecule has 0 aliphatic carbocycles. The van der Waals surface area contributed by atoms with Crippen molar-refractivity contribution >= 4 is 35.1 Å². The van der Waals surface area contributed by atoms with Gasteiger partial charge in [0.05, 0.1) is 10.7 Å². The third kappa shape index (κ3) is 4.21. The zero-order valence-corrected chi connectivity index (χ0v) is 15.7. The summed E-state index contributed by atoms with van der Waals surface area (Å²) in [5, 5.41) is 12.9. The fraction of sp³-hybridized carbons (Fsp3) is 0.294. The molecule has 1 aromatic carbocycles. The number of aromatic amines is 1. The second-order valence-electron chi connectivity index (χ2n) is 5.66. The van der Waals surface area contributed by atoms with Crippen LogP contribution in [0.25, 0.3) is 11.3 Å². The lowest BCUT2D eigenvalue weighted by molar-refractivity contribution is -0.116. The molecule has 1 amide bonds. The van der Waals surface area contributed by atoms with E-state index in [0.29, 0.717) is 4.77 Å². The topological polar surface area (TPSA) is 75.6 Å². The van der Waals surface area contributed by atoms with Gasteiger partial charge < -0.3 is 5.32 Å². The van der Waals surface area contributed by atoms with E-state index >= 15 is 0 Å². The molecule has 0 aliphatic heterocycles. The number of H-pyrrole nitrogens is 1. The van der Waals surface area contributed by atoms with Gasteiger partial charge in [0.25, 0.3) is 0 Å². The van der Waals surface area contributed by atoms with E-state index in [0.717, 1.165) is 40.6 Å². The highest BCUT2D eigenvalue weighted by molar-refractivity contribution is 7.71. The van der Waals surface area contributed by atoms with Gasteiger partial charge in [0.1, 0.15) is 12.4 Å². The summed E-state index contributed by atoms with van der Waals surface area (Å²) in [5.41, 5.74) is 2.63. The van der Waals surface area contributed by atoms with Crippen LogP contribution < -0.4 is 5.32 Å². The van der Waals surface area contributed by atoms with Crippen LogP contribution in [0.1, 0.15) is 24.2 Å². The molecule has 2 heterocycles. The summed E-state index contributed by atoms with van der Waals surface area (Å²) in [4.78, 5) is 16.9. The summed E-state index contributed by atoms with van der Waals surface area (Å²) in [7, 11) is 0. The molecule has 0 radical (unpaired) electrons. The Balaban J connectivity index is 1.73. The highest BCUT2D eigenvalue weighted by atomic mass is 32.1. The second-order valence-corrected chi connectivity index (χ2v) is 7.11. The lowest BCUT2D eigenvalue weighted by Gasteiger charge is -2.09. The number of thiazole rings is 1. The minimum atomic E-state index is -0.138. The summed E-state index contributed by atoms with van der Waals surface area (Å²) in [6.45, 7) is 4.18. The number of anilines is 1. The van der Waals surface area contributed by atoms with Gasteiger partial charge in [-0.2, -0.15) is 5.10 Å². The van der Waals surface area contributed by atoms with Crippen LogP contribution in [-0.4, -0.2) is 25.7 Å². The highest BCUT2D eigenvalue weighted by Gasteiger charge is 2.11. The molecule has 3 aromatic rings. The number of carbonyl (C=O) groups excluding carboxylic acids is 1. The Morgan fingerprint density at radius 2 is 2.28 bits per heavy atom. The quantitative estimate of drug-likeness (QED) is 0.641. The molecule has 0 saturated carbocycles. The first-order valence-electron chi connectivity index (χ1n) is 8.03. The Bertz CT molecular complexity index is 940. The van der Waals surface area contributed by atoms with E-state index in [1.807, 2.05) is 36.6 Å². The molecule has 0 unspecified atom stereocenters. The molecule has 0 saturated heterocycles. The highest BCUT2D eigenvalue weighted by Crippen LogP contribution is 2.24. The monoisotopic (exact) mass is 373 g/mol. The molecule has 0 atom stereocenters. The van der Waals surface area contributed by atoms with Crippen molar-refractivity contribution in [1.29, 1.82) is 0 Å². The van der Waals surface area contributed by atoms with E-state index in [4.69, 9.17) is 12.2 Å². The van der Waals surface area contributed by atoms with Gasteiger partial charge >= 0.3 is 0 Å². The third-order valence-electron chi connectivity index (χ3n) is 3.67. The second kappa shape index (κ2) is 7.71. The maximum atomic E-state index is 12.4. The van der Waals surface area contributed by atoms with E-state index in [1.54, 1.807) is 15.9 Å². The number of aromatic nitrogens is 4. The Labute approximate surface area is 154 Å². The van der Waals surface area contributed by atoms with Gasteiger partial charge in [-0.1, -0.05) is 19.1 Å². The van der Waals surface area contributed by atoms with Crippen molar-refractivity contribution < 1.29 is 4.79 Å². The van der Waals surface area contributed by atoms with E-state index in [1.165, 1.54) is 0 Å². The van der Waals surface area contributed by atoms with Crippen LogP contribution in [0.3, 0.4) is 0 Å². The Morgan fingerprint density at radius 1 is 1.44 bits per heavy atom. The lowest BCUT2D eigenvalue weighted by atomic mass is 10.1. The van der Waals surface area contributed by atoms with E-state index in [9.17, 15) is 4.79 Å². The van der Waals surface area contributed by atoms with E-state index in [2.05, 4.69) is 27.4 Å². The Morgan fingerprint density at radius 3 is 3.00 bits per heavy atom. The molecule has 0 bridgehead atoms. The van der Waals surface area contributed by atoms with Crippen LogP contribution >= 0.6 is 23.6 Å². The number of nitrogens with zero attached hydrogens (tertiary/aromatic N) is 3. The van der Waals surface area contributed by atoms with Gasteiger partial charge in [0.2, 0.25) is 5.91 Å². The third-order valence-corrected chi connectivity index (χ3v) is 4.76. The average molecular weight is 374 g/mol. The molecule has 2 N–H and O–H groups in total. The van der Waals surface area contributed by atoms with Crippen molar-refractivity contribution in [3.63, 3.8) is 0 Å². The van der Waals surface area contributed by atoms with Crippen LogP contribution in [0.4, 0.5) is 5.69 Å². The number of hydrogen-bond acceptors (Lipinski definition) is 5. The van der Waals surface area contributed by atoms with Gasteiger partial charge in [0, 0.05) is 23.1 Å². The lowest BCUT2D eigenvalue weighted by Crippen LogP contribution is -2.20. The smallest absolute Gasteiger partial charge is 0.244 e. The summed E-state index contributed by atoms with van der Waals surface area (Å²) in [6.07, 6.45) is 1.72. The Hall–Kier alpha value is -2.32. The largest absolute Gasteiger partial charge is 0.325 e. The fourth-order valence-corrected chi connectivity index (χ4v) is 3.36. The molecular weight excluding hydrogens is 354 g/mol. The van der Waals surface area contributed by atoms with Crippen LogP contribution in [-0.2, 0) is 17.8 Å². The predicted octanol–water partition coefficient (Wildman–Crippen LogP) is 3.96. The molecule has 25 heavy (non-hydrogen) atoms. The van der Waals surface area contributed by atoms with Crippen molar-refractivity contribution in [2.45, 2.75) is 33.2 Å². The first-order valence-corrected chi connectivity index (χ1v) is 9.32. The number of hydrogen-bond donors (Lipinski definition) is 2. The molecule has 130 valence electrons. The summed E-state index contributed by atoms with van der Waals surface area (Å²) < 4.78 is 2.20. The summed E-state index contributed by atoms with van der Waals surface area (Å²) in [5.74, 6) is 0.663. The number of rotatable bonds is 6. The van der Waals surface area contributed by atoms with E-state index < -0.39 is 0 Å². The molecule has 0 aliphatic rings. The minimum Gasteiger partial charge on any atom is -0.325 e. The molecule has 3 rings (SSSR count). The number of aryl methyl sites for hydroxylation is 2. The molecule has 8 heteroatoms. The maximum Gasteiger partial charge on any atom is 0.244 e. The summed E-state index contributed by atoms with van der Waals surface area (Å²) >= 11 is 6.82. The van der Waals surface area contributed by atoms with Crippen molar-refractivity contribution in [2.75, 3.05) is 5.32 Å². The SMILES string of the molecule is CCCc1n[nH]c(=S)n1CC(=O)Nc1cccc(-c2csc(C)n2)c1. The van der Waals surface area contributed by atoms with Gasteiger partial charge in [-0.15, -0.1) is 11.3 Å². The minimum absolute atomic E-state index is 0.138. The predicted molar refractivity (Wildman–Crippen MR) is 102 cm³/mol. The van der Waals surface area contributed by atoms with Gasteiger partial charge in [-0.05, 0) is 37.7 Å². The normalized spacial score (nSPS) is 10.8. The molecule has 2 aromatic heterocycles. The molecule has 0 fully saturated rings. The van der Waals surface area contributed by atoms with Crippen LogP contribution in [0.2, 0.25) is 0 Å². The van der Waals surface area contributed by atoms with Crippen molar-refractivity contribution in [1.82, 2.24) is 19.7 Å². The molecule has 0 spiro atoms. The molecular formula is C17H19N5OS2. The van der Waals surface area contributed by atoms with Gasteiger partial charge in [-0.25, -0.2) is 4.98 Å². The van der Waals surface area contributed by atoms with Crippen molar-refractivity contribution in [3.05, 3.63) is 45.2 Å². The maximum absolute atomic E-state index is 12.4. The zero-order chi connectivity index (χ0) is 17.8. The number of amides is 1. The summed E-state index contributed by atoms with van der Waals surface area (Å²) in [6, 6.07) is 7.68. The standard InChI is InChI=1S/C17H19N5OS2/c1-3-5-15-20-21-17(24)22(15)9-16(23)19-13-7-4-6-12(8-13)14-10-25-11(2)18-14/h4,6-8,10H,3,5,9H2,1-2H3,(H,19,23)(H,21,24). The molecule has 6 nitrogen and oxygen atoms in total. The van der Waals surface area contributed by atoms with Crippen LogP contribution in [0.5, 0.6) is 0 Å². The average Bonchev–Trinajstić information content (AvgIpc) is 3.16. The first-order chi connectivity index (χ1) is 12.1. The number of nitrogens with one attached hydrogen (secondary N) is 2. The number of carbonyl (C=O) groups is 1. The fourth-order valence-electron chi connectivity index (χ4n) is 2.52. The number of benzene rings is 1. The van der Waals surface area contributed by atoms with E-state index in [-0.39, 0.29) is 12.5 Å².